The molecule has 12 atom stereocenters. The summed E-state index contributed by atoms with van der Waals surface area (Å²) >= 11 is 0. The molecule has 2 saturated heterocycles. The van der Waals surface area contributed by atoms with E-state index in [0.29, 0.717) is 6.42 Å². The lowest BCUT2D eigenvalue weighted by Gasteiger charge is -2.46. The second kappa shape index (κ2) is 37.5. The number of rotatable bonds is 39. The zero-order chi connectivity index (χ0) is 46.8. The summed E-state index contributed by atoms with van der Waals surface area (Å²) in [6.07, 6.45) is 28.0. The van der Waals surface area contributed by atoms with Crippen LogP contribution in [0.2, 0.25) is 0 Å². The Morgan fingerprint density at radius 2 is 0.969 bits per heavy atom. The number of hydrogen-bond acceptors (Lipinski definition) is 13. The maximum atomic E-state index is 11.9. The molecule has 0 spiro atoms. The van der Waals surface area contributed by atoms with Gasteiger partial charge in [-0.1, -0.05) is 185 Å². The predicted octanol–water partition coefficient (Wildman–Crippen LogP) is 6.55. The molecule has 0 aliphatic carbocycles. The number of aliphatic hydroxyl groups is 8. The first kappa shape index (κ1) is 58.6. The monoisotopic (exact) mass is 916 g/mol. The maximum absolute atomic E-state index is 11.9. The molecule has 0 bridgehead atoms. The van der Waals surface area contributed by atoms with Gasteiger partial charge in [-0.2, -0.15) is 0 Å². The molecule has 2 heterocycles. The second-order valence-corrected chi connectivity index (χ2v) is 18.4. The van der Waals surface area contributed by atoms with Gasteiger partial charge in [-0.25, -0.2) is 0 Å². The van der Waals surface area contributed by atoms with Crippen molar-refractivity contribution in [3.63, 3.8) is 0 Å². The van der Waals surface area contributed by atoms with Crippen LogP contribution < -0.4 is 5.32 Å². The Morgan fingerprint density at radius 1 is 0.547 bits per heavy atom. The Morgan fingerprint density at radius 3 is 1.44 bits per heavy atom. The van der Waals surface area contributed by atoms with Crippen LogP contribution >= 0.6 is 0 Å². The molecule has 0 aromatic heterocycles. The van der Waals surface area contributed by atoms with E-state index in [9.17, 15) is 45.6 Å². The Bertz CT molecular complexity index is 1170. The standard InChI is InChI=1S/C50H93NO13/c1-3-4-5-6-7-8-9-10-11-12-13-14-15-16-17-18-19-20-21-22-23-24-25-26-27-28-29-30-31-32-33-34-40(55)39(51-38(2)54)37-61-49-47(60)45(58)48(42(36-53)63-49)64-50-46(59)44(57)43(56)41(35-52)62-50/h29-30,33-34,39-50,52-53,55-60H,3-28,31-32,35-37H2,1-2H3,(H,51,54)/b30-29+,34-33+. The molecular weight excluding hydrogens is 823 g/mol. The van der Waals surface area contributed by atoms with Crippen LogP contribution in [0.15, 0.2) is 24.3 Å². The number of allylic oxidation sites excluding steroid dienone is 3. The van der Waals surface area contributed by atoms with E-state index >= 15 is 0 Å². The van der Waals surface area contributed by atoms with Crippen LogP contribution in [0, 0.1) is 0 Å². The summed E-state index contributed by atoms with van der Waals surface area (Å²) in [6.45, 7) is 1.82. The van der Waals surface area contributed by atoms with E-state index in [-0.39, 0.29) is 6.61 Å². The SMILES string of the molecule is CCCCCCCCCCCCCCCCCCCCCCCCCCC/C=C/CC/C=C/C(O)C(COC1OC(CO)C(OC2OC(CO)C(O)C(O)C2O)C(O)C1O)NC(C)=O. The average molecular weight is 916 g/mol. The highest BCUT2D eigenvalue weighted by Crippen LogP contribution is 2.30. The van der Waals surface area contributed by atoms with E-state index in [1.165, 1.54) is 167 Å². The van der Waals surface area contributed by atoms with Crippen molar-refractivity contribution in [2.45, 2.75) is 267 Å². The number of ether oxygens (including phenoxy) is 4. The molecule has 2 aliphatic heterocycles. The quantitative estimate of drug-likeness (QED) is 0.0236. The first-order valence-electron chi connectivity index (χ1n) is 25.5. The summed E-state index contributed by atoms with van der Waals surface area (Å²) in [4.78, 5) is 11.9. The zero-order valence-corrected chi connectivity index (χ0v) is 39.8. The van der Waals surface area contributed by atoms with Crippen LogP contribution in [0.3, 0.4) is 0 Å². The molecule has 2 fully saturated rings. The maximum Gasteiger partial charge on any atom is 0.217 e. The number of carbonyl (C=O) groups is 1. The van der Waals surface area contributed by atoms with Gasteiger partial charge in [0.05, 0.1) is 32.0 Å². The minimum Gasteiger partial charge on any atom is -0.394 e. The Labute approximate surface area is 386 Å². The van der Waals surface area contributed by atoms with Crippen molar-refractivity contribution in [1.29, 1.82) is 0 Å². The number of aliphatic hydroxyl groups excluding tert-OH is 8. The van der Waals surface area contributed by atoms with Crippen molar-refractivity contribution in [1.82, 2.24) is 5.32 Å². The summed E-state index contributed by atoms with van der Waals surface area (Å²) in [5, 5.41) is 85.0. The van der Waals surface area contributed by atoms with Crippen LogP contribution in [-0.2, 0) is 23.7 Å². The number of carbonyl (C=O) groups excluding carboxylic acids is 1. The molecule has 0 saturated carbocycles. The Balaban J connectivity index is 1.49. The van der Waals surface area contributed by atoms with Crippen molar-refractivity contribution in [2.24, 2.45) is 0 Å². The zero-order valence-electron chi connectivity index (χ0n) is 39.8. The van der Waals surface area contributed by atoms with Gasteiger partial charge < -0.3 is 65.1 Å². The van der Waals surface area contributed by atoms with Gasteiger partial charge in [0.2, 0.25) is 5.91 Å². The fraction of sp³-hybridized carbons (Fsp3) is 0.900. The van der Waals surface area contributed by atoms with Crippen molar-refractivity contribution < 1.29 is 64.6 Å². The van der Waals surface area contributed by atoms with Crippen LogP contribution in [0.4, 0.5) is 0 Å². The smallest absolute Gasteiger partial charge is 0.217 e. The average Bonchev–Trinajstić information content (AvgIpc) is 3.28. The lowest BCUT2D eigenvalue weighted by Crippen LogP contribution is -2.65. The minimum atomic E-state index is -1.79. The minimum absolute atomic E-state index is 0.324. The summed E-state index contributed by atoms with van der Waals surface area (Å²) in [7, 11) is 0. The van der Waals surface area contributed by atoms with Crippen molar-refractivity contribution in [3.05, 3.63) is 24.3 Å². The third-order valence-corrected chi connectivity index (χ3v) is 12.7. The van der Waals surface area contributed by atoms with Crippen LogP contribution in [0.25, 0.3) is 0 Å². The molecule has 2 rings (SSSR count). The van der Waals surface area contributed by atoms with E-state index in [1.807, 2.05) is 6.08 Å². The molecule has 0 aromatic rings. The molecule has 0 radical (unpaired) electrons. The van der Waals surface area contributed by atoms with Gasteiger partial charge in [0.15, 0.2) is 12.6 Å². The molecule has 12 unspecified atom stereocenters. The molecule has 64 heavy (non-hydrogen) atoms. The third-order valence-electron chi connectivity index (χ3n) is 12.7. The number of amides is 1. The highest BCUT2D eigenvalue weighted by Gasteiger charge is 2.50. The second-order valence-electron chi connectivity index (χ2n) is 18.4. The van der Waals surface area contributed by atoms with Gasteiger partial charge in [-0.15, -0.1) is 0 Å². The number of hydrogen-bond donors (Lipinski definition) is 9. The summed E-state index contributed by atoms with van der Waals surface area (Å²) in [5.74, 6) is -0.425. The molecular formula is C50H93NO13. The molecule has 14 nitrogen and oxygen atoms in total. The number of unbranched alkanes of at least 4 members (excludes halogenated alkanes) is 26. The van der Waals surface area contributed by atoms with Gasteiger partial charge in [-0.05, 0) is 25.7 Å². The molecule has 1 amide bonds. The largest absolute Gasteiger partial charge is 0.394 e. The lowest BCUT2D eigenvalue weighted by molar-refractivity contribution is -0.359. The van der Waals surface area contributed by atoms with E-state index in [1.54, 1.807) is 6.08 Å². The van der Waals surface area contributed by atoms with Gasteiger partial charge >= 0.3 is 0 Å². The molecule has 9 N–H and O–H groups in total. The van der Waals surface area contributed by atoms with Crippen molar-refractivity contribution >= 4 is 5.91 Å². The van der Waals surface area contributed by atoms with Crippen molar-refractivity contribution in [2.75, 3.05) is 19.8 Å². The first-order chi connectivity index (χ1) is 31.0. The first-order valence-corrected chi connectivity index (χ1v) is 25.5. The summed E-state index contributed by atoms with van der Waals surface area (Å²) in [5.41, 5.74) is 0. The summed E-state index contributed by atoms with van der Waals surface area (Å²) in [6, 6.07) is -0.929. The fourth-order valence-corrected chi connectivity index (χ4v) is 8.58. The van der Waals surface area contributed by atoms with Crippen LogP contribution in [-0.4, -0.2) is 140 Å². The molecule has 376 valence electrons. The van der Waals surface area contributed by atoms with Gasteiger partial charge in [0, 0.05) is 6.92 Å². The van der Waals surface area contributed by atoms with Crippen molar-refractivity contribution in [3.8, 4) is 0 Å². The molecule has 14 heteroatoms. The highest BCUT2D eigenvalue weighted by atomic mass is 16.7. The third kappa shape index (κ3) is 25.0. The van der Waals surface area contributed by atoms with E-state index < -0.39 is 92.7 Å². The van der Waals surface area contributed by atoms with Crippen LogP contribution in [0.1, 0.15) is 194 Å². The Hall–Kier alpha value is -1.53. The topological polar surface area (TPSA) is 228 Å². The van der Waals surface area contributed by atoms with Crippen LogP contribution in [0.5, 0.6) is 0 Å². The molecule has 0 aromatic carbocycles. The van der Waals surface area contributed by atoms with E-state index in [2.05, 4.69) is 24.4 Å². The Kier molecular flexibility index (Phi) is 34.3. The lowest BCUT2D eigenvalue weighted by atomic mass is 9.97. The van der Waals surface area contributed by atoms with E-state index in [4.69, 9.17) is 18.9 Å². The van der Waals surface area contributed by atoms with Gasteiger partial charge in [0.1, 0.15) is 48.8 Å². The molecule has 2 aliphatic rings. The number of nitrogens with one attached hydrogen (secondary N) is 1. The van der Waals surface area contributed by atoms with E-state index in [0.717, 1.165) is 12.8 Å². The fourth-order valence-electron chi connectivity index (χ4n) is 8.58. The highest BCUT2D eigenvalue weighted by molar-refractivity contribution is 5.73. The van der Waals surface area contributed by atoms with Gasteiger partial charge in [0.25, 0.3) is 0 Å². The predicted molar refractivity (Wildman–Crippen MR) is 249 cm³/mol. The normalized spacial score (nSPS) is 27.4. The summed E-state index contributed by atoms with van der Waals surface area (Å²) < 4.78 is 22.2. The van der Waals surface area contributed by atoms with Gasteiger partial charge in [-0.3, -0.25) is 4.79 Å².